The summed E-state index contributed by atoms with van der Waals surface area (Å²) < 4.78 is 0.645. The van der Waals surface area contributed by atoms with Crippen molar-refractivity contribution >= 4 is 33.6 Å². The predicted octanol–water partition coefficient (Wildman–Crippen LogP) is 1.07. The number of carbonyl (C=O) groups excluding carboxylic acids is 2. The first-order valence-electron chi connectivity index (χ1n) is 5.83. The van der Waals surface area contributed by atoms with E-state index < -0.39 is 11.9 Å². The van der Waals surface area contributed by atoms with Crippen molar-refractivity contribution in [1.82, 2.24) is 15.6 Å². The molecule has 0 aromatic carbocycles. The van der Waals surface area contributed by atoms with Crippen LogP contribution in [0.2, 0.25) is 0 Å². The molecular formula is C12H17BrN4O2. The van der Waals surface area contributed by atoms with Crippen LogP contribution in [0.3, 0.4) is 0 Å². The fraction of sp³-hybridized carbons (Fsp3) is 0.417. The maximum Gasteiger partial charge on any atom is 0.255 e. The quantitative estimate of drug-likeness (QED) is 0.770. The van der Waals surface area contributed by atoms with Crippen LogP contribution >= 0.6 is 15.9 Å². The lowest BCUT2D eigenvalue weighted by Gasteiger charge is -2.16. The second-order valence-corrected chi connectivity index (χ2v) is 5.36. The first kappa shape index (κ1) is 15.4. The van der Waals surface area contributed by atoms with Crippen molar-refractivity contribution in [3.8, 4) is 0 Å². The van der Waals surface area contributed by atoms with Crippen molar-refractivity contribution in [1.29, 1.82) is 0 Å². The van der Waals surface area contributed by atoms with E-state index in [0.717, 1.165) is 0 Å². The fourth-order valence-electron chi connectivity index (χ4n) is 1.38. The van der Waals surface area contributed by atoms with Gasteiger partial charge >= 0.3 is 0 Å². The standard InChI is InChI=1S/C12H17BrN4O2/c1-6(2)16-11(18)7(3)17-12(19)9-4-8(13)5-15-10(9)14/h4-7H,1-3H3,(H2,14,15)(H,16,18)(H,17,19). The number of nitrogens with two attached hydrogens (primary N) is 1. The molecule has 1 aromatic heterocycles. The Hall–Kier alpha value is -1.63. The topological polar surface area (TPSA) is 97.1 Å². The highest BCUT2D eigenvalue weighted by atomic mass is 79.9. The third-order valence-electron chi connectivity index (χ3n) is 2.30. The number of amides is 2. The lowest BCUT2D eigenvalue weighted by molar-refractivity contribution is -0.123. The Morgan fingerprint density at radius 1 is 1.32 bits per heavy atom. The summed E-state index contributed by atoms with van der Waals surface area (Å²) >= 11 is 3.22. The summed E-state index contributed by atoms with van der Waals surface area (Å²) in [6.07, 6.45) is 1.50. The van der Waals surface area contributed by atoms with Crippen LogP contribution in [-0.4, -0.2) is 28.9 Å². The van der Waals surface area contributed by atoms with Gasteiger partial charge in [0.05, 0.1) is 5.56 Å². The molecule has 0 saturated heterocycles. The Balaban J connectivity index is 2.74. The number of nitrogen functional groups attached to an aromatic ring is 1. The SMILES string of the molecule is CC(C)NC(=O)C(C)NC(=O)c1cc(Br)cnc1N. The van der Waals surface area contributed by atoms with Crippen LogP contribution in [0.4, 0.5) is 5.82 Å². The van der Waals surface area contributed by atoms with E-state index in [-0.39, 0.29) is 23.3 Å². The van der Waals surface area contributed by atoms with Crippen molar-refractivity contribution in [2.75, 3.05) is 5.73 Å². The number of hydrogen-bond acceptors (Lipinski definition) is 4. The van der Waals surface area contributed by atoms with E-state index in [1.54, 1.807) is 13.0 Å². The highest BCUT2D eigenvalue weighted by Gasteiger charge is 2.19. The molecule has 4 N–H and O–H groups in total. The Morgan fingerprint density at radius 2 is 1.95 bits per heavy atom. The summed E-state index contributed by atoms with van der Waals surface area (Å²) in [7, 11) is 0. The first-order chi connectivity index (χ1) is 8.81. The summed E-state index contributed by atoms with van der Waals surface area (Å²) in [5, 5.41) is 5.29. The zero-order valence-electron chi connectivity index (χ0n) is 11.0. The molecule has 0 spiro atoms. The molecule has 1 aromatic rings. The highest BCUT2D eigenvalue weighted by Crippen LogP contribution is 2.15. The number of nitrogens with one attached hydrogen (secondary N) is 2. The molecular weight excluding hydrogens is 312 g/mol. The normalized spacial score (nSPS) is 12.1. The van der Waals surface area contributed by atoms with Crippen molar-refractivity contribution < 1.29 is 9.59 Å². The van der Waals surface area contributed by atoms with Crippen molar-refractivity contribution in [2.24, 2.45) is 0 Å². The minimum atomic E-state index is -0.645. The number of halogens is 1. The minimum Gasteiger partial charge on any atom is -0.383 e. The van der Waals surface area contributed by atoms with Gasteiger partial charge in [0.25, 0.3) is 5.91 Å². The minimum absolute atomic E-state index is 0.0180. The number of aromatic nitrogens is 1. The van der Waals surface area contributed by atoms with E-state index >= 15 is 0 Å². The summed E-state index contributed by atoms with van der Waals surface area (Å²) in [6.45, 7) is 5.31. The number of anilines is 1. The second-order valence-electron chi connectivity index (χ2n) is 4.44. The molecule has 1 rings (SSSR count). The van der Waals surface area contributed by atoms with Gasteiger partial charge in [-0.3, -0.25) is 9.59 Å². The Kier molecular flexibility index (Phi) is 5.29. The Labute approximate surface area is 120 Å². The Morgan fingerprint density at radius 3 is 2.53 bits per heavy atom. The van der Waals surface area contributed by atoms with Crippen LogP contribution in [0.1, 0.15) is 31.1 Å². The molecule has 0 radical (unpaired) electrons. The van der Waals surface area contributed by atoms with Crippen molar-refractivity contribution in [3.05, 3.63) is 22.3 Å². The molecule has 1 atom stereocenters. The van der Waals surface area contributed by atoms with E-state index in [9.17, 15) is 9.59 Å². The average molecular weight is 329 g/mol. The smallest absolute Gasteiger partial charge is 0.255 e. The summed E-state index contributed by atoms with van der Waals surface area (Å²) in [4.78, 5) is 27.5. The van der Waals surface area contributed by atoms with Crippen LogP contribution in [0.15, 0.2) is 16.7 Å². The molecule has 0 fully saturated rings. The number of nitrogens with zero attached hydrogens (tertiary/aromatic N) is 1. The van der Waals surface area contributed by atoms with Crippen LogP contribution in [-0.2, 0) is 4.79 Å². The van der Waals surface area contributed by atoms with Gasteiger partial charge in [-0.1, -0.05) is 0 Å². The Bertz CT molecular complexity index is 491. The molecule has 104 valence electrons. The lowest BCUT2D eigenvalue weighted by Crippen LogP contribution is -2.46. The van der Waals surface area contributed by atoms with E-state index in [1.165, 1.54) is 6.20 Å². The fourth-order valence-corrected chi connectivity index (χ4v) is 1.71. The van der Waals surface area contributed by atoms with E-state index in [2.05, 4.69) is 31.5 Å². The highest BCUT2D eigenvalue weighted by molar-refractivity contribution is 9.10. The molecule has 0 saturated carbocycles. The van der Waals surface area contributed by atoms with Crippen LogP contribution < -0.4 is 16.4 Å². The number of rotatable bonds is 4. The second kappa shape index (κ2) is 6.51. The van der Waals surface area contributed by atoms with Gasteiger partial charge in [0.2, 0.25) is 5.91 Å². The molecule has 0 aliphatic rings. The van der Waals surface area contributed by atoms with Crippen LogP contribution in [0.5, 0.6) is 0 Å². The zero-order chi connectivity index (χ0) is 14.6. The summed E-state index contributed by atoms with van der Waals surface area (Å²) in [5.74, 6) is -0.556. The van der Waals surface area contributed by atoms with Crippen molar-refractivity contribution in [2.45, 2.75) is 32.9 Å². The van der Waals surface area contributed by atoms with Gasteiger partial charge < -0.3 is 16.4 Å². The largest absolute Gasteiger partial charge is 0.383 e. The molecule has 1 unspecified atom stereocenters. The first-order valence-corrected chi connectivity index (χ1v) is 6.62. The van der Waals surface area contributed by atoms with Crippen LogP contribution in [0, 0.1) is 0 Å². The predicted molar refractivity (Wildman–Crippen MR) is 76.6 cm³/mol. The molecule has 0 aliphatic carbocycles. The molecule has 19 heavy (non-hydrogen) atoms. The maximum absolute atomic E-state index is 12.0. The van der Waals surface area contributed by atoms with Crippen molar-refractivity contribution in [3.63, 3.8) is 0 Å². The van der Waals surface area contributed by atoms with Gasteiger partial charge in [-0.2, -0.15) is 0 Å². The summed E-state index contributed by atoms with van der Waals surface area (Å²) in [6, 6.07) is 0.933. The molecule has 7 heteroatoms. The molecule has 1 heterocycles. The molecule has 6 nitrogen and oxygen atoms in total. The molecule has 0 aliphatic heterocycles. The molecule has 2 amide bonds. The monoisotopic (exact) mass is 328 g/mol. The lowest BCUT2D eigenvalue weighted by atomic mass is 10.2. The van der Waals surface area contributed by atoms with Gasteiger partial charge in [-0.25, -0.2) is 4.98 Å². The van der Waals surface area contributed by atoms with Gasteiger partial charge in [-0.15, -0.1) is 0 Å². The summed E-state index contributed by atoms with van der Waals surface area (Å²) in [5.41, 5.74) is 5.86. The number of hydrogen-bond donors (Lipinski definition) is 3. The average Bonchev–Trinajstić information content (AvgIpc) is 2.31. The van der Waals surface area contributed by atoms with E-state index in [1.807, 2.05) is 13.8 Å². The number of pyridine rings is 1. The third-order valence-corrected chi connectivity index (χ3v) is 2.74. The van der Waals surface area contributed by atoms with Gasteiger partial charge in [0.1, 0.15) is 11.9 Å². The third kappa shape index (κ3) is 4.51. The number of carbonyl (C=O) groups is 2. The molecule has 0 bridgehead atoms. The van der Waals surface area contributed by atoms with Gasteiger partial charge in [0.15, 0.2) is 0 Å². The van der Waals surface area contributed by atoms with E-state index in [0.29, 0.717) is 4.47 Å². The van der Waals surface area contributed by atoms with E-state index in [4.69, 9.17) is 5.73 Å². The maximum atomic E-state index is 12.0. The van der Waals surface area contributed by atoms with Crippen LogP contribution in [0.25, 0.3) is 0 Å². The van der Waals surface area contributed by atoms with Gasteiger partial charge in [-0.05, 0) is 42.8 Å². The van der Waals surface area contributed by atoms with Gasteiger partial charge in [0, 0.05) is 16.7 Å². The zero-order valence-corrected chi connectivity index (χ0v) is 12.6.